The molecule has 0 spiro atoms. The molecule has 0 radical (unpaired) electrons. The van der Waals surface area contributed by atoms with Crippen molar-refractivity contribution in [2.75, 3.05) is 20.1 Å². The Morgan fingerprint density at radius 1 is 1.45 bits per heavy atom. The summed E-state index contributed by atoms with van der Waals surface area (Å²) in [5.74, 6) is -1.12. The Hall–Kier alpha value is -2.01. The maximum atomic E-state index is 13.1. The van der Waals surface area contributed by atoms with Crippen molar-refractivity contribution in [1.29, 1.82) is 0 Å². The number of rotatable bonds is 5. The van der Waals surface area contributed by atoms with E-state index in [4.69, 9.17) is 5.11 Å². The van der Waals surface area contributed by atoms with Gasteiger partial charge in [-0.2, -0.15) is 0 Å². The summed E-state index contributed by atoms with van der Waals surface area (Å²) in [5.41, 5.74) is 1.31. The fourth-order valence-electron chi connectivity index (χ4n) is 2.24. The summed E-state index contributed by atoms with van der Waals surface area (Å²) >= 11 is 0. The van der Waals surface area contributed by atoms with Gasteiger partial charge in [0.25, 0.3) is 0 Å². The van der Waals surface area contributed by atoms with Crippen LogP contribution in [0.15, 0.2) is 41.2 Å². The number of aliphatic imine (C=N–C) groups is 1. The van der Waals surface area contributed by atoms with Crippen molar-refractivity contribution in [2.45, 2.75) is 6.54 Å². The maximum absolute atomic E-state index is 13.1. The molecule has 1 aliphatic rings. The lowest BCUT2D eigenvalue weighted by Crippen LogP contribution is -2.27. The van der Waals surface area contributed by atoms with Crippen LogP contribution in [0.4, 0.5) is 4.39 Å². The summed E-state index contributed by atoms with van der Waals surface area (Å²) in [6, 6.07) is 6.79. The molecule has 4 nitrogen and oxygen atoms in total. The molecule has 2 rings (SSSR count). The van der Waals surface area contributed by atoms with E-state index in [1.54, 1.807) is 30.3 Å². The highest BCUT2D eigenvalue weighted by Gasteiger charge is 2.13. The molecule has 0 bridgehead atoms. The van der Waals surface area contributed by atoms with E-state index in [1.807, 2.05) is 7.05 Å². The number of carboxylic acid groups (broad SMARTS) is 1. The summed E-state index contributed by atoms with van der Waals surface area (Å²) in [7, 11) is 1.95. The fraction of sp³-hybridized carbons (Fsp3) is 0.333. The quantitative estimate of drug-likeness (QED) is 0.898. The smallest absolute Gasteiger partial charge is 0.335 e. The zero-order valence-electron chi connectivity index (χ0n) is 11.3. The van der Waals surface area contributed by atoms with E-state index in [0.717, 1.165) is 5.56 Å². The average Bonchev–Trinajstić information content (AvgIpc) is 2.39. The van der Waals surface area contributed by atoms with Crippen molar-refractivity contribution in [3.63, 3.8) is 0 Å². The van der Waals surface area contributed by atoms with Gasteiger partial charge in [0.2, 0.25) is 0 Å². The number of carbonyl (C=O) groups is 1. The van der Waals surface area contributed by atoms with Crippen LogP contribution in [0.2, 0.25) is 0 Å². The molecule has 0 aromatic heterocycles. The largest absolute Gasteiger partial charge is 0.478 e. The number of allylic oxidation sites excluding steroid dienone is 1. The molecule has 1 aliphatic heterocycles. The highest BCUT2D eigenvalue weighted by Crippen LogP contribution is 2.13. The number of aromatic carboxylic acids is 1. The van der Waals surface area contributed by atoms with E-state index >= 15 is 0 Å². The van der Waals surface area contributed by atoms with Crippen LogP contribution in [0.1, 0.15) is 15.9 Å². The predicted octanol–water partition coefficient (Wildman–Crippen LogP) is 2.37. The van der Waals surface area contributed by atoms with Crippen LogP contribution in [0.25, 0.3) is 0 Å². The van der Waals surface area contributed by atoms with Crippen LogP contribution in [0.5, 0.6) is 0 Å². The van der Waals surface area contributed by atoms with Gasteiger partial charge in [-0.3, -0.25) is 4.99 Å². The van der Waals surface area contributed by atoms with E-state index in [0.29, 0.717) is 19.6 Å². The first-order valence-electron chi connectivity index (χ1n) is 6.42. The molecule has 20 heavy (non-hydrogen) atoms. The van der Waals surface area contributed by atoms with Gasteiger partial charge in [0.15, 0.2) is 0 Å². The van der Waals surface area contributed by atoms with Gasteiger partial charge in [-0.1, -0.05) is 12.1 Å². The van der Waals surface area contributed by atoms with Crippen LogP contribution in [-0.4, -0.2) is 42.3 Å². The molecule has 0 saturated heterocycles. The Morgan fingerprint density at radius 3 is 2.75 bits per heavy atom. The number of halogens is 1. The molecular formula is C15H17FN2O2. The monoisotopic (exact) mass is 276 g/mol. The molecule has 0 amide bonds. The maximum Gasteiger partial charge on any atom is 0.335 e. The first kappa shape index (κ1) is 14.4. The second-order valence-electron chi connectivity index (χ2n) is 5.00. The lowest BCUT2D eigenvalue weighted by Gasteiger charge is -2.22. The molecule has 1 N–H and O–H groups in total. The van der Waals surface area contributed by atoms with Crippen molar-refractivity contribution < 1.29 is 14.3 Å². The minimum Gasteiger partial charge on any atom is -0.478 e. The highest BCUT2D eigenvalue weighted by molar-refractivity contribution is 5.87. The Kier molecular flexibility index (Phi) is 4.63. The highest BCUT2D eigenvalue weighted by atomic mass is 19.1. The SMILES string of the molecule is CN(Cc1ccc(C(=O)O)cc1)CC1C=C(F)C=NC1. The first-order valence-corrected chi connectivity index (χ1v) is 6.42. The number of hydrogen-bond acceptors (Lipinski definition) is 3. The van der Waals surface area contributed by atoms with Crippen LogP contribution >= 0.6 is 0 Å². The molecule has 5 heteroatoms. The van der Waals surface area contributed by atoms with Crippen molar-refractivity contribution in [2.24, 2.45) is 10.9 Å². The summed E-state index contributed by atoms with van der Waals surface area (Å²) in [6.45, 7) is 2.01. The zero-order chi connectivity index (χ0) is 14.5. The molecule has 0 aliphatic carbocycles. The van der Waals surface area contributed by atoms with E-state index in [2.05, 4.69) is 9.89 Å². The van der Waals surface area contributed by atoms with Gasteiger partial charge in [0.1, 0.15) is 5.83 Å². The van der Waals surface area contributed by atoms with Crippen molar-refractivity contribution >= 4 is 12.2 Å². The molecule has 1 heterocycles. The molecule has 106 valence electrons. The second-order valence-corrected chi connectivity index (χ2v) is 5.00. The molecule has 0 saturated carbocycles. The lowest BCUT2D eigenvalue weighted by molar-refractivity contribution is 0.0697. The Morgan fingerprint density at radius 2 is 2.15 bits per heavy atom. The Balaban J connectivity index is 1.89. The van der Waals surface area contributed by atoms with E-state index < -0.39 is 5.97 Å². The molecule has 1 atom stereocenters. The third-order valence-corrected chi connectivity index (χ3v) is 3.15. The summed E-state index contributed by atoms with van der Waals surface area (Å²) in [6.07, 6.45) is 2.85. The van der Waals surface area contributed by atoms with Gasteiger partial charge >= 0.3 is 5.97 Å². The van der Waals surface area contributed by atoms with Crippen molar-refractivity contribution in [3.8, 4) is 0 Å². The number of hydrogen-bond donors (Lipinski definition) is 1. The zero-order valence-corrected chi connectivity index (χ0v) is 11.3. The summed E-state index contributed by atoms with van der Waals surface area (Å²) < 4.78 is 13.1. The Bertz CT molecular complexity index is 537. The van der Waals surface area contributed by atoms with Crippen molar-refractivity contribution in [1.82, 2.24) is 4.90 Å². The van der Waals surface area contributed by atoms with Gasteiger partial charge in [-0.25, -0.2) is 9.18 Å². The Labute approximate surface area is 117 Å². The van der Waals surface area contributed by atoms with Gasteiger partial charge in [0, 0.05) is 25.6 Å². The lowest BCUT2D eigenvalue weighted by atomic mass is 10.1. The van der Waals surface area contributed by atoms with Crippen LogP contribution in [0.3, 0.4) is 0 Å². The van der Waals surface area contributed by atoms with Gasteiger partial charge < -0.3 is 10.0 Å². The molecule has 1 aromatic carbocycles. The molecule has 1 unspecified atom stereocenters. The second kappa shape index (κ2) is 6.43. The van der Waals surface area contributed by atoms with E-state index in [-0.39, 0.29) is 17.3 Å². The van der Waals surface area contributed by atoms with Gasteiger partial charge in [-0.15, -0.1) is 0 Å². The van der Waals surface area contributed by atoms with Gasteiger partial charge in [-0.05, 0) is 30.8 Å². The number of nitrogens with zero attached hydrogens (tertiary/aromatic N) is 2. The van der Waals surface area contributed by atoms with E-state index in [1.165, 1.54) is 6.21 Å². The number of dihydropyridines is 1. The normalized spacial score (nSPS) is 18.1. The van der Waals surface area contributed by atoms with Gasteiger partial charge in [0.05, 0.1) is 11.8 Å². The topological polar surface area (TPSA) is 52.9 Å². The average molecular weight is 276 g/mol. The third kappa shape index (κ3) is 3.99. The summed E-state index contributed by atoms with van der Waals surface area (Å²) in [4.78, 5) is 16.8. The predicted molar refractivity (Wildman–Crippen MR) is 75.8 cm³/mol. The third-order valence-electron chi connectivity index (χ3n) is 3.15. The molecule has 0 fully saturated rings. The minimum absolute atomic E-state index is 0.0864. The first-order chi connectivity index (χ1) is 9.54. The number of benzene rings is 1. The fourth-order valence-corrected chi connectivity index (χ4v) is 2.24. The summed E-state index contributed by atoms with van der Waals surface area (Å²) in [5, 5.41) is 8.83. The molecule has 1 aromatic rings. The minimum atomic E-state index is -0.925. The van der Waals surface area contributed by atoms with Crippen molar-refractivity contribution in [3.05, 3.63) is 47.3 Å². The van der Waals surface area contributed by atoms with Crippen LogP contribution in [-0.2, 0) is 6.54 Å². The van der Waals surface area contributed by atoms with Crippen LogP contribution < -0.4 is 0 Å². The van der Waals surface area contributed by atoms with E-state index in [9.17, 15) is 9.18 Å². The molecular weight excluding hydrogens is 259 g/mol. The van der Waals surface area contributed by atoms with Crippen LogP contribution in [0, 0.1) is 5.92 Å². The standard InChI is InChI=1S/C15H17FN2O2/c1-18(10-12-6-14(16)8-17-7-12)9-11-2-4-13(5-3-11)15(19)20/h2-6,8,12H,7,9-10H2,1H3,(H,19,20). The number of carboxylic acids is 1.